The summed E-state index contributed by atoms with van der Waals surface area (Å²) in [6, 6.07) is 0. The van der Waals surface area contributed by atoms with E-state index in [0.29, 0.717) is 0 Å². The minimum atomic E-state index is -2.86. The third-order valence-electron chi connectivity index (χ3n) is 1.32. The predicted molar refractivity (Wildman–Crippen MR) is 59.4 cm³/mol. The van der Waals surface area contributed by atoms with Crippen molar-refractivity contribution in [2.45, 2.75) is 29.8 Å². The molecule has 1 rings (SSSR count). The molecule has 1 fully saturated rings. The van der Waals surface area contributed by atoms with Crippen LogP contribution in [0.15, 0.2) is 0 Å². The number of hydrogen-bond donors (Lipinski definition) is 1. The van der Waals surface area contributed by atoms with Crippen LogP contribution in [0.3, 0.4) is 0 Å². The maximum Gasteiger partial charge on any atom is 2.00 e. The van der Waals surface area contributed by atoms with E-state index in [2.05, 4.69) is 0 Å². The van der Waals surface area contributed by atoms with Gasteiger partial charge in [0.2, 0.25) is 0 Å². The summed E-state index contributed by atoms with van der Waals surface area (Å²) >= 11 is 0.905. The van der Waals surface area contributed by atoms with Crippen LogP contribution in [0.25, 0.3) is 0 Å². The SMILES string of the molecule is C1C[CH2][Al+][CH2]C1.O.O.O.O=[S-](=O)O.[Ca+2].[H-].[H-]. The first kappa shape index (κ1) is 29.6. The van der Waals surface area contributed by atoms with Crippen molar-refractivity contribution >= 4 is 63.9 Å². The molecule has 0 aliphatic carbocycles. The fourth-order valence-electron chi connectivity index (χ4n) is 0.898. The third-order valence-corrected chi connectivity index (χ3v) is 2.95. The quantitative estimate of drug-likeness (QED) is 0.257. The van der Waals surface area contributed by atoms with Crippen LogP contribution >= 0.6 is 0 Å². The van der Waals surface area contributed by atoms with E-state index < -0.39 is 11.0 Å². The molecule has 7 N–H and O–H groups in total. The van der Waals surface area contributed by atoms with E-state index in [9.17, 15) is 0 Å². The zero-order valence-electron chi connectivity index (χ0n) is 9.99. The fourth-order valence-corrected chi connectivity index (χ4v) is 2.34. The van der Waals surface area contributed by atoms with Crippen molar-refractivity contribution in [2.75, 3.05) is 0 Å². The average molecular weight is 274 g/mol. The van der Waals surface area contributed by atoms with Gasteiger partial charge in [0.25, 0.3) is 0 Å². The van der Waals surface area contributed by atoms with Crippen molar-refractivity contribution in [3.05, 3.63) is 0 Å². The Morgan fingerprint density at radius 2 is 1.29 bits per heavy atom. The molecule has 1 aliphatic rings. The standard InChI is InChI=1S/C5H10.Al.Ca.HO3S.3H2O.2H/c1-3-5-4-2;;;1-4(2)3;;;;;/h1-5H2;;;(H,1,2,3);3*1H2;;/q;+1;+2;-1;;;;2*-1. The molecule has 0 bridgehead atoms. The Morgan fingerprint density at radius 3 is 1.36 bits per heavy atom. The molecule has 0 aromatic heterocycles. The van der Waals surface area contributed by atoms with Gasteiger partial charge in [0.1, 0.15) is 0 Å². The Kier molecular flexibility index (Phi) is 50.8. The topological polar surface area (TPSA) is 149 Å². The number of rotatable bonds is 0. The Balaban J connectivity index is -0.0000000153. The van der Waals surface area contributed by atoms with Crippen LogP contribution in [0.4, 0.5) is 0 Å². The second-order valence-corrected chi connectivity index (χ2v) is 4.31. The van der Waals surface area contributed by atoms with Crippen molar-refractivity contribution in [3.8, 4) is 0 Å². The molecule has 0 aromatic rings. The minimum Gasteiger partial charge on any atom is -1.00 e. The second-order valence-electron chi connectivity index (χ2n) is 2.14. The van der Waals surface area contributed by atoms with Gasteiger partial charge in [0, 0.05) is 11.0 Å². The van der Waals surface area contributed by atoms with Gasteiger partial charge in [0.15, 0.2) is 0 Å². The molecule has 1 heterocycles. The van der Waals surface area contributed by atoms with Crippen LogP contribution in [0.2, 0.25) is 10.6 Å². The van der Waals surface area contributed by atoms with Gasteiger partial charge in [0.05, 0.1) is 0 Å². The van der Waals surface area contributed by atoms with E-state index in [1.807, 2.05) is 0 Å². The molecule has 1 aliphatic heterocycles. The van der Waals surface area contributed by atoms with Crippen molar-refractivity contribution in [3.63, 3.8) is 0 Å². The molecular formula is C5H19AlCaO6S. The molecule has 14 heavy (non-hydrogen) atoms. The zero-order valence-corrected chi connectivity index (χ0v) is 12.2. The van der Waals surface area contributed by atoms with Gasteiger partial charge in [-0.05, 0) is 0 Å². The maximum absolute atomic E-state index is 8.56. The third kappa shape index (κ3) is 37.4. The molecule has 0 atom stereocenters. The summed E-state index contributed by atoms with van der Waals surface area (Å²) in [5.41, 5.74) is 0. The molecule has 0 radical (unpaired) electrons. The monoisotopic (exact) mass is 274 g/mol. The Hall–Kier alpha value is 1.58. The van der Waals surface area contributed by atoms with Crippen molar-refractivity contribution in [1.29, 1.82) is 0 Å². The first-order chi connectivity index (χ1) is 4.73. The Bertz CT molecular complexity index is 129. The van der Waals surface area contributed by atoms with E-state index in [1.54, 1.807) is 10.6 Å². The van der Waals surface area contributed by atoms with Gasteiger partial charge in [-0.2, -0.15) is 0 Å². The zero-order chi connectivity index (χ0) is 7.82. The van der Waals surface area contributed by atoms with Gasteiger partial charge in [-0.1, -0.05) is 0 Å². The van der Waals surface area contributed by atoms with Crippen LogP contribution in [0.1, 0.15) is 22.1 Å². The van der Waals surface area contributed by atoms with Gasteiger partial charge in [-0.25, -0.2) is 0 Å². The van der Waals surface area contributed by atoms with Gasteiger partial charge in [-0.15, -0.1) is 0 Å². The summed E-state index contributed by atoms with van der Waals surface area (Å²) in [5.74, 6) is 0. The average Bonchev–Trinajstić information content (AvgIpc) is 1.90. The van der Waals surface area contributed by atoms with Crippen molar-refractivity contribution in [1.82, 2.24) is 0 Å². The molecule has 0 amide bonds. The van der Waals surface area contributed by atoms with Crippen LogP contribution in [-0.2, 0) is 19.4 Å². The second kappa shape index (κ2) is 24.0. The van der Waals surface area contributed by atoms with Crippen LogP contribution in [0.5, 0.6) is 0 Å². The van der Waals surface area contributed by atoms with Gasteiger partial charge in [-0.3, -0.25) is 0 Å². The van der Waals surface area contributed by atoms with E-state index in [1.165, 1.54) is 19.3 Å². The van der Waals surface area contributed by atoms with Crippen LogP contribution in [-0.4, -0.2) is 73.9 Å². The molecule has 86 valence electrons. The van der Waals surface area contributed by atoms with Crippen LogP contribution < -0.4 is 0 Å². The summed E-state index contributed by atoms with van der Waals surface area (Å²) < 4.78 is 24.1. The molecule has 0 aromatic carbocycles. The summed E-state index contributed by atoms with van der Waals surface area (Å²) in [4.78, 5) is 0. The largest absolute Gasteiger partial charge is 2.00 e. The van der Waals surface area contributed by atoms with Crippen molar-refractivity contribution in [2.24, 2.45) is 0 Å². The molecule has 0 spiro atoms. The smallest absolute Gasteiger partial charge is 1.00 e. The van der Waals surface area contributed by atoms with Gasteiger partial charge < -0.3 is 32.3 Å². The van der Waals surface area contributed by atoms with Gasteiger partial charge >= 0.3 is 82.8 Å². The summed E-state index contributed by atoms with van der Waals surface area (Å²) in [7, 11) is -2.86. The normalized spacial score (nSPS) is 11.6. The van der Waals surface area contributed by atoms with E-state index in [-0.39, 0.29) is 57.0 Å². The first-order valence-electron chi connectivity index (χ1n) is 3.33. The fraction of sp³-hybridized carbons (Fsp3) is 1.00. The number of hydrogen-bond acceptors (Lipinski definition) is 3. The maximum atomic E-state index is 8.56. The Morgan fingerprint density at radius 1 is 1.00 bits per heavy atom. The van der Waals surface area contributed by atoms with Crippen molar-refractivity contribution < 1.29 is 32.3 Å². The summed E-state index contributed by atoms with van der Waals surface area (Å²) in [5, 5.41) is 3.17. The molecular weight excluding hydrogens is 255 g/mol. The first-order valence-corrected chi connectivity index (χ1v) is 6.00. The van der Waals surface area contributed by atoms with E-state index >= 15 is 0 Å². The molecule has 1 saturated heterocycles. The summed E-state index contributed by atoms with van der Waals surface area (Å²) in [6.07, 6.45) is 4.59. The van der Waals surface area contributed by atoms with Crippen LogP contribution in [0, 0.1) is 0 Å². The van der Waals surface area contributed by atoms with E-state index in [4.69, 9.17) is 13.0 Å². The molecule has 0 unspecified atom stereocenters. The van der Waals surface area contributed by atoms with E-state index in [0.717, 1.165) is 15.2 Å². The predicted octanol–water partition coefficient (Wildman–Crippen LogP) is -1.15. The molecule has 9 heteroatoms. The molecule has 6 nitrogen and oxygen atoms in total. The molecule has 0 saturated carbocycles. The minimum absolute atomic E-state index is 0. The summed E-state index contributed by atoms with van der Waals surface area (Å²) in [6.45, 7) is 0. The Labute approximate surface area is 125 Å².